The number of hydrogen-bond acceptors (Lipinski definition) is 4. The number of rotatable bonds is 9. The highest BCUT2D eigenvalue weighted by Gasteiger charge is 2.36. The van der Waals surface area contributed by atoms with Crippen molar-refractivity contribution in [1.29, 1.82) is 0 Å². The topological polar surface area (TPSA) is 78.5 Å². The van der Waals surface area contributed by atoms with Crippen LogP contribution in [0.1, 0.15) is 23.6 Å². The molecule has 0 aliphatic carbocycles. The molecule has 0 saturated heterocycles. The van der Waals surface area contributed by atoms with Crippen molar-refractivity contribution in [2.75, 3.05) is 27.2 Å². The van der Waals surface area contributed by atoms with Crippen LogP contribution in [0.2, 0.25) is 0 Å². The summed E-state index contributed by atoms with van der Waals surface area (Å²) in [7, 11) is -0.674. The predicted molar refractivity (Wildman–Crippen MR) is 107 cm³/mol. The number of carbonyl (C=O) groups is 1. The minimum Gasteiger partial charge on any atom is -0.354 e. The molecule has 2 aromatic rings. The third-order valence-electron chi connectivity index (χ3n) is 4.43. The largest absolute Gasteiger partial charge is 0.417 e. The molecule has 0 bridgehead atoms. The van der Waals surface area contributed by atoms with Crippen molar-refractivity contribution in [3.63, 3.8) is 0 Å². The summed E-state index contributed by atoms with van der Waals surface area (Å²) in [5, 5.41) is 2.73. The molecular weight excluding hydrogens is 419 g/mol. The highest BCUT2D eigenvalue weighted by Crippen LogP contribution is 2.33. The van der Waals surface area contributed by atoms with Crippen LogP contribution in [-0.4, -0.2) is 46.4 Å². The summed E-state index contributed by atoms with van der Waals surface area (Å²) in [5.41, 5.74) is -0.245. The summed E-state index contributed by atoms with van der Waals surface area (Å²) in [6.07, 6.45) is -5.01. The van der Waals surface area contributed by atoms with E-state index in [4.69, 9.17) is 0 Å². The minimum absolute atomic E-state index is 0.0782. The van der Waals surface area contributed by atoms with Crippen LogP contribution < -0.4 is 10.0 Å². The number of benzene rings is 2. The van der Waals surface area contributed by atoms with Crippen LogP contribution in [-0.2, 0) is 21.0 Å². The Labute approximate surface area is 174 Å². The zero-order valence-electron chi connectivity index (χ0n) is 16.6. The summed E-state index contributed by atoms with van der Waals surface area (Å²) in [4.78, 5) is 13.2. The third-order valence-corrected chi connectivity index (χ3v) is 5.95. The Morgan fingerprint density at radius 1 is 1.03 bits per heavy atom. The van der Waals surface area contributed by atoms with E-state index in [9.17, 15) is 26.4 Å². The molecule has 164 valence electrons. The van der Waals surface area contributed by atoms with Gasteiger partial charge in [0.05, 0.1) is 16.5 Å². The monoisotopic (exact) mass is 443 g/mol. The Balaban J connectivity index is 1.93. The number of likely N-dealkylation sites (N-methyl/N-ethyl adjacent to an activating group) is 1. The molecular formula is C20H24F3N3O3S. The summed E-state index contributed by atoms with van der Waals surface area (Å²) >= 11 is 0. The van der Waals surface area contributed by atoms with Gasteiger partial charge in [0.15, 0.2) is 0 Å². The Morgan fingerprint density at radius 3 is 2.23 bits per heavy atom. The van der Waals surface area contributed by atoms with Crippen molar-refractivity contribution in [3.8, 4) is 0 Å². The lowest BCUT2D eigenvalue weighted by atomic mass is 10.1. The van der Waals surface area contributed by atoms with E-state index in [2.05, 4.69) is 10.0 Å². The van der Waals surface area contributed by atoms with Crippen LogP contribution in [0.4, 0.5) is 13.2 Å². The van der Waals surface area contributed by atoms with E-state index in [-0.39, 0.29) is 19.0 Å². The van der Waals surface area contributed by atoms with Crippen LogP contribution in [0.5, 0.6) is 0 Å². The maximum absolute atomic E-state index is 13.0. The van der Waals surface area contributed by atoms with Crippen molar-refractivity contribution in [1.82, 2.24) is 14.9 Å². The van der Waals surface area contributed by atoms with E-state index in [0.29, 0.717) is 12.6 Å². The van der Waals surface area contributed by atoms with Gasteiger partial charge in [-0.1, -0.05) is 42.5 Å². The number of sulfonamides is 1. The normalized spacial score (nSPS) is 13.3. The third kappa shape index (κ3) is 6.54. The minimum atomic E-state index is -4.80. The lowest BCUT2D eigenvalue weighted by Crippen LogP contribution is -2.36. The summed E-state index contributed by atoms with van der Waals surface area (Å²) in [5.74, 6) is -0.412. The molecule has 1 amide bonds. The van der Waals surface area contributed by atoms with Gasteiger partial charge in [-0.05, 0) is 31.8 Å². The molecule has 10 heteroatoms. The number of nitrogens with zero attached hydrogens (tertiary/aromatic N) is 1. The molecule has 0 aromatic heterocycles. The number of amides is 1. The molecule has 0 spiro atoms. The molecule has 0 unspecified atom stereocenters. The molecule has 0 heterocycles. The molecule has 0 radical (unpaired) electrons. The van der Waals surface area contributed by atoms with E-state index in [0.717, 1.165) is 17.7 Å². The van der Waals surface area contributed by atoms with E-state index >= 15 is 0 Å². The van der Waals surface area contributed by atoms with Gasteiger partial charge in [0.2, 0.25) is 15.9 Å². The van der Waals surface area contributed by atoms with Gasteiger partial charge in [0.25, 0.3) is 0 Å². The first kappa shape index (κ1) is 23.8. The average Bonchev–Trinajstić information content (AvgIpc) is 2.68. The zero-order valence-corrected chi connectivity index (χ0v) is 17.4. The maximum atomic E-state index is 13.0. The van der Waals surface area contributed by atoms with Gasteiger partial charge in [-0.2, -0.15) is 13.2 Å². The van der Waals surface area contributed by atoms with Gasteiger partial charge in [0, 0.05) is 19.5 Å². The summed E-state index contributed by atoms with van der Waals surface area (Å²) < 4.78 is 65.8. The van der Waals surface area contributed by atoms with E-state index in [1.165, 1.54) is 6.07 Å². The molecule has 2 aromatic carbocycles. The second kappa shape index (κ2) is 10.1. The first-order valence-electron chi connectivity index (χ1n) is 9.16. The number of alkyl halides is 3. The molecule has 30 heavy (non-hydrogen) atoms. The highest BCUT2D eigenvalue weighted by atomic mass is 32.2. The van der Waals surface area contributed by atoms with Crippen molar-refractivity contribution >= 4 is 15.9 Å². The molecule has 6 nitrogen and oxygen atoms in total. The Kier molecular flexibility index (Phi) is 7.99. The Hall–Kier alpha value is -2.43. The van der Waals surface area contributed by atoms with Crippen molar-refractivity contribution < 1.29 is 26.4 Å². The van der Waals surface area contributed by atoms with Crippen molar-refractivity contribution in [2.24, 2.45) is 0 Å². The average molecular weight is 443 g/mol. The van der Waals surface area contributed by atoms with Crippen LogP contribution in [0.3, 0.4) is 0 Å². The maximum Gasteiger partial charge on any atom is 0.417 e. The Bertz CT molecular complexity index is 949. The standard InChI is InChI=1S/C20H24F3N3O3S/c1-26(2)17(15-8-4-3-5-9-15)14-24-19(27)12-13-25-30(28,29)18-11-7-6-10-16(18)20(21,22)23/h3-11,17,25H,12-14H2,1-2H3,(H,24,27)/t17-/m1/s1. The van der Waals surface area contributed by atoms with Gasteiger partial charge < -0.3 is 10.2 Å². The van der Waals surface area contributed by atoms with Gasteiger partial charge >= 0.3 is 6.18 Å². The Morgan fingerprint density at radius 2 is 1.63 bits per heavy atom. The van der Waals surface area contributed by atoms with Crippen LogP contribution in [0.25, 0.3) is 0 Å². The lowest BCUT2D eigenvalue weighted by Gasteiger charge is -2.25. The summed E-state index contributed by atoms with van der Waals surface area (Å²) in [6.45, 7) is -0.0160. The number of carbonyl (C=O) groups excluding carboxylic acids is 1. The molecule has 1 atom stereocenters. The smallest absolute Gasteiger partial charge is 0.354 e. The second-order valence-corrected chi connectivity index (χ2v) is 8.57. The van der Waals surface area contributed by atoms with Crippen LogP contribution in [0.15, 0.2) is 59.5 Å². The fourth-order valence-corrected chi connectivity index (χ4v) is 4.14. The molecule has 2 N–H and O–H groups in total. The lowest BCUT2D eigenvalue weighted by molar-refractivity contribution is -0.139. The van der Waals surface area contributed by atoms with Crippen LogP contribution >= 0.6 is 0 Å². The van der Waals surface area contributed by atoms with E-state index < -0.39 is 32.6 Å². The molecule has 0 fully saturated rings. The van der Waals surface area contributed by atoms with Gasteiger partial charge in [-0.15, -0.1) is 0 Å². The fourth-order valence-electron chi connectivity index (χ4n) is 2.88. The SMILES string of the molecule is CN(C)[C@H](CNC(=O)CCNS(=O)(=O)c1ccccc1C(F)(F)F)c1ccccc1. The second-order valence-electron chi connectivity index (χ2n) is 6.84. The predicted octanol–water partition coefficient (Wildman–Crippen LogP) is 2.79. The van der Waals surface area contributed by atoms with Gasteiger partial charge in [-0.3, -0.25) is 4.79 Å². The first-order valence-corrected chi connectivity index (χ1v) is 10.6. The van der Waals surface area contributed by atoms with Gasteiger partial charge in [-0.25, -0.2) is 13.1 Å². The quantitative estimate of drug-likeness (QED) is 0.625. The number of halogens is 3. The van der Waals surface area contributed by atoms with Crippen molar-refractivity contribution in [2.45, 2.75) is 23.5 Å². The molecule has 0 aliphatic rings. The van der Waals surface area contributed by atoms with E-state index in [1.807, 2.05) is 49.3 Å². The van der Waals surface area contributed by atoms with Crippen LogP contribution in [0, 0.1) is 0 Å². The molecule has 0 saturated carbocycles. The van der Waals surface area contributed by atoms with Gasteiger partial charge in [0.1, 0.15) is 0 Å². The molecule has 0 aliphatic heterocycles. The number of nitrogens with one attached hydrogen (secondary N) is 2. The van der Waals surface area contributed by atoms with E-state index in [1.54, 1.807) is 0 Å². The number of hydrogen-bond donors (Lipinski definition) is 2. The fraction of sp³-hybridized carbons (Fsp3) is 0.350. The summed E-state index contributed by atoms with van der Waals surface area (Å²) in [6, 6.07) is 13.4. The zero-order chi connectivity index (χ0) is 22.4. The molecule has 2 rings (SSSR count). The first-order chi connectivity index (χ1) is 14.0. The van der Waals surface area contributed by atoms with Crippen molar-refractivity contribution in [3.05, 3.63) is 65.7 Å². The highest BCUT2D eigenvalue weighted by molar-refractivity contribution is 7.89.